The van der Waals surface area contributed by atoms with E-state index in [1.54, 1.807) is 12.4 Å². The monoisotopic (exact) mass is 407 g/mol. The Kier molecular flexibility index (Phi) is 4.93. The Labute approximate surface area is 164 Å². The van der Waals surface area contributed by atoms with Gasteiger partial charge in [0, 0.05) is 67.7 Å². The molecule has 4 rings (SSSR count). The number of aromatic nitrogens is 3. The first-order valence-electron chi connectivity index (χ1n) is 9.26. The summed E-state index contributed by atoms with van der Waals surface area (Å²) in [5, 5.41) is 2.96. The number of ether oxygens (including phenoxy) is 1. The number of carbonyl (C=O) groups excluding carboxylic acids is 1. The van der Waals surface area contributed by atoms with Crippen LogP contribution in [0.3, 0.4) is 0 Å². The lowest BCUT2D eigenvalue weighted by atomic mass is 10.1. The number of piperidine rings is 1. The summed E-state index contributed by atoms with van der Waals surface area (Å²) in [7, 11) is 1.08. The number of H-pyrrole nitrogens is 1. The van der Waals surface area contributed by atoms with Crippen molar-refractivity contribution in [1.29, 1.82) is 0 Å². The topological polar surface area (TPSA) is 74.3 Å². The molecule has 7 nitrogen and oxygen atoms in total. The minimum atomic E-state index is -4.45. The van der Waals surface area contributed by atoms with Crippen LogP contribution in [0, 0.1) is 0 Å². The highest BCUT2D eigenvalue weighted by atomic mass is 19.4. The summed E-state index contributed by atoms with van der Waals surface area (Å²) in [6.07, 6.45) is 0.575. The van der Waals surface area contributed by atoms with Gasteiger partial charge >= 0.3 is 12.3 Å². The number of fused-ring (bicyclic) bond motifs is 3. The van der Waals surface area contributed by atoms with E-state index in [4.69, 9.17) is 4.74 Å². The van der Waals surface area contributed by atoms with Crippen molar-refractivity contribution < 1.29 is 22.7 Å². The van der Waals surface area contributed by atoms with Crippen molar-refractivity contribution in [3.8, 4) is 0 Å². The van der Waals surface area contributed by atoms with Gasteiger partial charge in [-0.1, -0.05) is 0 Å². The molecule has 3 aromatic rings. The van der Waals surface area contributed by atoms with Crippen LogP contribution < -0.4 is 4.90 Å². The van der Waals surface area contributed by atoms with Gasteiger partial charge in [-0.3, -0.25) is 0 Å². The van der Waals surface area contributed by atoms with Crippen molar-refractivity contribution >= 4 is 33.7 Å². The van der Waals surface area contributed by atoms with Crippen LogP contribution in [-0.4, -0.2) is 64.9 Å². The Bertz CT molecular complexity index is 1030. The van der Waals surface area contributed by atoms with E-state index in [9.17, 15) is 18.0 Å². The van der Waals surface area contributed by atoms with Gasteiger partial charge in [-0.2, -0.15) is 13.2 Å². The summed E-state index contributed by atoms with van der Waals surface area (Å²) in [4.78, 5) is 26.6. The number of rotatable bonds is 3. The van der Waals surface area contributed by atoms with Gasteiger partial charge in [0.2, 0.25) is 0 Å². The van der Waals surface area contributed by atoms with Gasteiger partial charge in [-0.25, -0.2) is 14.8 Å². The van der Waals surface area contributed by atoms with Crippen molar-refractivity contribution in [3.63, 3.8) is 0 Å². The van der Waals surface area contributed by atoms with Gasteiger partial charge < -0.3 is 19.5 Å². The molecule has 154 valence electrons. The van der Waals surface area contributed by atoms with Gasteiger partial charge in [0.25, 0.3) is 0 Å². The zero-order valence-corrected chi connectivity index (χ0v) is 15.7. The molecular weight excluding hydrogens is 387 g/mol. The van der Waals surface area contributed by atoms with Crippen molar-refractivity contribution in [2.75, 3.05) is 31.6 Å². The zero-order valence-electron chi connectivity index (χ0n) is 15.7. The third kappa shape index (κ3) is 4.06. The van der Waals surface area contributed by atoms with Crippen LogP contribution in [-0.2, 0) is 4.74 Å². The number of alkyl halides is 3. The van der Waals surface area contributed by atoms with Crippen molar-refractivity contribution in [2.45, 2.75) is 25.1 Å². The SMILES string of the molecule is CN(CC(F)(F)F)C(=O)OC1CCN(c2nccc3cnc4[nH]ccc4c23)CC1. The number of hydrogen-bond acceptors (Lipinski definition) is 5. The lowest BCUT2D eigenvalue weighted by Crippen LogP contribution is -2.42. The number of pyridine rings is 2. The van der Waals surface area contributed by atoms with Gasteiger partial charge in [-0.05, 0) is 12.1 Å². The molecule has 0 bridgehead atoms. The normalized spacial score (nSPS) is 15.8. The molecule has 1 aliphatic heterocycles. The molecule has 1 saturated heterocycles. The number of halogens is 3. The van der Waals surface area contributed by atoms with Gasteiger partial charge in [0.05, 0.1) is 0 Å². The Hall–Kier alpha value is -3.04. The summed E-state index contributed by atoms with van der Waals surface area (Å²) >= 11 is 0. The molecule has 29 heavy (non-hydrogen) atoms. The van der Waals surface area contributed by atoms with Gasteiger partial charge in [-0.15, -0.1) is 0 Å². The second kappa shape index (κ2) is 7.41. The summed E-state index contributed by atoms with van der Waals surface area (Å²) in [6, 6.07) is 3.87. The predicted molar refractivity (Wildman–Crippen MR) is 102 cm³/mol. The molecule has 1 fully saturated rings. The van der Waals surface area contributed by atoms with E-state index in [1.165, 1.54) is 0 Å². The van der Waals surface area contributed by atoms with E-state index in [1.807, 2.05) is 18.3 Å². The summed E-state index contributed by atoms with van der Waals surface area (Å²) in [6.45, 7) is -0.159. The molecule has 1 aliphatic rings. The van der Waals surface area contributed by atoms with E-state index in [2.05, 4.69) is 19.9 Å². The molecule has 3 aromatic heterocycles. The van der Waals surface area contributed by atoms with Crippen LogP contribution in [0.5, 0.6) is 0 Å². The fraction of sp³-hybridized carbons (Fsp3) is 0.421. The van der Waals surface area contributed by atoms with E-state index < -0.39 is 24.9 Å². The van der Waals surface area contributed by atoms with Crippen LogP contribution in [0.4, 0.5) is 23.8 Å². The molecule has 0 radical (unpaired) electrons. The molecule has 0 aliphatic carbocycles. The third-order valence-corrected chi connectivity index (χ3v) is 5.03. The highest BCUT2D eigenvalue weighted by Gasteiger charge is 2.33. The Morgan fingerprint density at radius 1 is 1.31 bits per heavy atom. The lowest BCUT2D eigenvalue weighted by molar-refractivity contribution is -0.141. The van der Waals surface area contributed by atoms with E-state index >= 15 is 0 Å². The molecule has 0 atom stereocenters. The maximum absolute atomic E-state index is 12.4. The maximum atomic E-state index is 12.4. The van der Waals surface area contributed by atoms with Crippen molar-refractivity contribution in [3.05, 3.63) is 30.7 Å². The molecule has 1 amide bonds. The molecular formula is C19H20F3N5O2. The summed E-state index contributed by atoms with van der Waals surface area (Å²) < 4.78 is 42.5. The van der Waals surface area contributed by atoms with Crippen LogP contribution in [0.15, 0.2) is 30.7 Å². The quantitative estimate of drug-likeness (QED) is 0.717. The molecule has 0 aromatic carbocycles. The maximum Gasteiger partial charge on any atom is 0.410 e. The number of nitrogens with one attached hydrogen (secondary N) is 1. The van der Waals surface area contributed by atoms with Crippen LogP contribution in [0.1, 0.15) is 12.8 Å². The Balaban J connectivity index is 1.45. The minimum absolute atomic E-state index is 0.418. The number of hydrogen-bond donors (Lipinski definition) is 1. The van der Waals surface area contributed by atoms with Crippen molar-refractivity contribution in [1.82, 2.24) is 19.9 Å². The highest BCUT2D eigenvalue weighted by molar-refractivity contribution is 6.10. The Morgan fingerprint density at radius 3 is 2.79 bits per heavy atom. The van der Waals surface area contributed by atoms with Crippen LogP contribution >= 0.6 is 0 Å². The van der Waals surface area contributed by atoms with Gasteiger partial charge in [0.15, 0.2) is 0 Å². The number of nitrogens with zero attached hydrogens (tertiary/aromatic N) is 4. The second-order valence-corrected chi connectivity index (χ2v) is 7.14. The molecule has 0 unspecified atom stereocenters. The average Bonchev–Trinajstić information content (AvgIpc) is 3.16. The number of amides is 1. The fourth-order valence-corrected chi connectivity index (χ4v) is 3.64. The minimum Gasteiger partial charge on any atom is -0.446 e. The first-order valence-corrected chi connectivity index (χ1v) is 9.26. The second-order valence-electron chi connectivity index (χ2n) is 7.14. The molecule has 10 heteroatoms. The van der Waals surface area contributed by atoms with Gasteiger partial charge in [0.1, 0.15) is 24.1 Å². The molecule has 0 saturated carbocycles. The van der Waals surface area contributed by atoms with E-state index in [0.29, 0.717) is 30.8 Å². The number of aromatic amines is 1. The predicted octanol–water partition coefficient (Wildman–Crippen LogP) is 3.71. The van der Waals surface area contributed by atoms with Crippen LogP contribution in [0.25, 0.3) is 21.8 Å². The van der Waals surface area contributed by atoms with E-state index in [0.717, 1.165) is 34.7 Å². The van der Waals surface area contributed by atoms with E-state index in [-0.39, 0.29) is 0 Å². The summed E-state index contributed by atoms with van der Waals surface area (Å²) in [5.74, 6) is 0.827. The summed E-state index contributed by atoms with van der Waals surface area (Å²) in [5.41, 5.74) is 0.781. The number of carbonyl (C=O) groups is 1. The molecule has 4 heterocycles. The fourth-order valence-electron chi connectivity index (χ4n) is 3.64. The zero-order chi connectivity index (χ0) is 20.6. The third-order valence-electron chi connectivity index (χ3n) is 5.03. The average molecular weight is 407 g/mol. The largest absolute Gasteiger partial charge is 0.446 e. The molecule has 1 N–H and O–H groups in total. The van der Waals surface area contributed by atoms with Crippen molar-refractivity contribution in [2.24, 2.45) is 0 Å². The first kappa shape index (κ1) is 19.3. The smallest absolute Gasteiger partial charge is 0.410 e. The highest BCUT2D eigenvalue weighted by Crippen LogP contribution is 2.32. The number of anilines is 1. The lowest BCUT2D eigenvalue weighted by Gasteiger charge is -2.33. The standard InChI is InChI=1S/C19H20F3N5O2/c1-26(11-19(20,21)22)18(28)29-13-4-8-27(9-5-13)17-15-12(2-6-24-17)10-25-16-14(15)3-7-23-16/h2-3,6-7,10,13H,4-5,8-9,11H2,1H3,(H,23,25). The first-order chi connectivity index (χ1) is 13.8. The Morgan fingerprint density at radius 2 is 2.07 bits per heavy atom. The van der Waals surface area contributed by atoms with Crippen LogP contribution in [0.2, 0.25) is 0 Å². The molecule has 0 spiro atoms.